The number of nitrogens with one attached hydrogen (secondary N) is 1. The third-order valence-electron chi connectivity index (χ3n) is 2.92. The van der Waals surface area contributed by atoms with Gasteiger partial charge in [0.15, 0.2) is 5.69 Å². The number of alkyl halides is 3. The maximum atomic E-state index is 13.8. The number of carbonyl (C=O) groups excluding carboxylic acids is 1. The van der Waals surface area contributed by atoms with E-state index in [0.29, 0.717) is 0 Å². The number of ether oxygens (including phenoxy) is 1. The molecule has 0 unspecified atom stereocenters. The summed E-state index contributed by atoms with van der Waals surface area (Å²) in [6, 6.07) is 4.43. The summed E-state index contributed by atoms with van der Waals surface area (Å²) in [4.78, 5) is 11.8. The molecular weight excluding hydrogens is 332 g/mol. The molecule has 1 heterocycles. The summed E-state index contributed by atoms with van der Waals surface area (Å²) in [6.45, 7) is -0.544. The third kappa shape index (κ3) is 3.81. The zero-order valence-corrected chi connectivity index (χ0v) is 12.2. The van der Waals surface area contributed by atoms with Gasteiger partial charge in [-0.15, -0.1) is 0 Å². The van der Waals surface area contributed by atoms with Gasteiger partial charge in [-0.3, -0.25) is 9.48 Å². The molecule has 1 amide bonds. The highest BCUT2D eigenvalue weighted by atomic mass is 19.4. The van der Waals surface area contributed by atoms with Gasteiger partial charge in [0.1, 0.15) is 24.2 Å². The highest BCUT2D eigenvalue weighted by Crippen LogP contribution is 2.27. The molecule has 0 fully saturated rings. The van der Waals surface area contributed by atoms with Crippen LogP contribution in [0.2, 0.25) is 0 Å². The summed E-state index contributed by atoms with van der Waals surface area (Å²) in [5.41, 5.74) is -1.46. The zero-order valence-electron chi connectivity index (χ0n) is 12.2. The van der Waals surface area contributed by atoms with Crippen LogP contribution >= 0.6 is 0 Å². The predicted octanol–water partition coefficient (Wildman–Crippen LogP) is 2.56. The lowest BCUT2D eigenvalue weighted by Gasteiger charge is -2.10. The van der Waals surface area contributed by atoms with Crippen LogP contribution in [0.15, 0.2) is 24.4 Å². The van der Waals surface area contributed by atoms with E-state index in [1.807, 2.05) is 0 Å². The number of nitrogens with zero attached hydrogens (tertiary/aromatic N) is 3. The van der Waals surface area contributed by atoms with E-state index in [9.17, 15) is 22.4 Å². The molecular formula is C14H10F4N4O2. The van der Waals surface area contributed by atoms with Crippen LogP contribution in [-0.4, -0.2) is 22.8 Å². The van der Waals surface area contributed by atoms with Crippen molar-refractivity contribution in [2.45, 2.75) is 12.7 Å². The molecule has 1 aromatic carbocycles. The SMILES string of the molecule is COc1cc(NC(=O)Cn2ccc(C(F)(F)F)n2)c(F)cc1C#N. The molecule has 1 N–H and O–H groups in total. The van der Waals surface area contributed by atoms with Crippen molar-refractivity contribution in [3.8, 4) is 11.8 Å². The van der Waals surface area contributed by atoms with Crippen molar-refractivity contribution >= 4 is 11.6 Å². The topological polar surface area (TPSA) is 79.9 Å². The molecule has 2 aromatic rings. The van der Waals surface area contributed by atoms with Crippen molar-refractivity contribution in [2.75, 3.05) is 12.4 Å². The van der Waals surface area contributed by atoms with Crippen molar-refractivity contribution in [2.24, 2.45) is 0 Å². The number of methoxy groups -OCH3 is 1. The first kappa shape index (κ1) is 17.3. The smallest absolute Gasteiger partial charge is 0.435 e. The summed E-state index contributed by atoms with van der Waals surface area (Å²) < 4.78 is 56.8. The Bertz CT molecular complexity index is 808. The van der Waals surface area contributed by atoms with Crippen LogP contribution in [0.1, 0.15) is 11.3 Å². The second-order valence-corrected chi connectivity index (χ2v) is 4.59. The van der Waals surface area contributed by atoms with E-state index in [1.54, 1.807) is 6.07 Å². The minimum atomic E-state index is -4.62. The Morgan fingerprint density at radius 3 is 2.71 bits per heavy atom. The van der Waals surface area contributed by atoms with Gasteiger partial charge in [-0.25, -0.2) is 4.39 Å². The number of hydrogen-bond acceptors (Lipinski definition) is 4. The standard InChI is InChI=1S/C14H10F4N4O2/c1-24-11-5-10(9(15)4-8(11)6-19)20-13(23)7-22-3-2-12(21-22)14(16,17)18/h2-5H,7H2,1H3,(H,20,23). The zero-order chi connectivity index (χ0) is 17.9. The van der Waals surface area contributed by atoms with E-state index >= 15 is 0 Å². The molecule has 10 heteroatoms. The summed E-state index contributed by atoms with van der Waals surface area (Å²) in [5.74, 6) is -1.62. The Hall–Kier alpha value is -3.09. The first-order chi connectivity index (χ1) is 11.2. The lowest BCUT2D eigenvalue weighted by molar-refractivity contribution is -0.141. The van der Waals surface area contributed by atoms with Gasteiger partial charge < -0.3 is 10.1 Å². The summed E-state index contributed by atoms with van der Waals surface area (Å²) in [7, 11) is 1.27. The molecule has 0 bridgehead atoms. The lowest BCUT2D eigenvalue weighted by Crippen LogP contribution is -2.20. The van der Waals surface area contributed by atoms with Crippen LogP contribution in [0.25, 0.3) is 0 Å². The van der Waals surface area contributed by atoms with Crippen molar-refractivity contribution in [1.29, 1.82) is 5.26 Å². The van der Waals surface area contributed by atoms with E-state index in [1.165, 1.54) is 7.11 Å². The second-order valence-electron chi connectivity index (χ2n) is 4.59. The highest BCUT2D eigenvalue weighted by molar-refractivity contribution is 5.91. The van der Waals surface area contributed by atoms with E-state index in [4.69, 9.17) is 10.00 Å². The van der Waals surface area contributed by atoms with E-state index < -0.39 is 30.1 Å². The molecule has 0 radical (unpaired) electrons. The van der Waals surface area contributed by atoms with Gasteiger partial charge in [0.05, 0.1) is 18.4 Å². The molecule has 0 atom stereocenters. The maximum Gasteiger partial charge on any atom is 0.435 e. The van der Waals surface area contributed by atoms with Crippen molar-refractivity contribution in [1.82, 2.24) is 9.78 Å². The van der Waals surface area contributed by atoms with E-state index in [0.717, 1.165) is 29.1 Å². The van der Waals surface area contributed by atoms with Crippen LogP contribution in [0, 0.1) is 17.1 Å². The van der Waals surface area contributed by atoms with Crippen molar-refractivity contribution in [3.63, 3.8) is 0 Å². The van der Waals surface area contributed by atoms with Crippen molar-refractivity contribution < 1.29 is 27.1 Å². The molecule has 1 aromatic heterocycles. The minimum Gasteiger partial charge on any atom is -0.495 e. The quantitative estimate of drug-likeness (QED) is 0.866. The number of benzene rings is 1. The first-order valence-electron chi connectivity index (χ1n) is 6.42. The Morgan fingerprint density at radius 1 is 1.46 bits per heavy atom. The van der Waals surface area contributed by atoms with Crippen LogP contribution in [-0.2, 0) is 17.5 Å². The van der Waals surface area contributed by atoms with Gasteiger partial charge in [-0.1, -0.05) is 0 Å². The fourth-order valence-electron chi connectivity index (χ4n) is 1.84. The van der Waals surface area contributed by atoms with Gasteiger partial charge in [0, 0.05) is 12.3 Å². The van der Waals surface area contributed by atoms with E-state index in [2.05, 4.69) is 10.4 Å². The van der Waals surface area contributed by atoms with Crippen LogP contribution < -0.4 is 10.1 Å². The average molecular weight is 342 g/mol. The number of aromatic nitrogens is 2. The van der Waals surface area contributed by atoms with Crippen LogP contribution in [0.4, 0.5) is 23.2 Å². The predicted molar refractivity (Wildman–Crippen MR) is 73.5 cm³/mol. The summed E-state index contributed by atoms with van der Waals surface area (Å²) >= 11 is 0. The number of anilines is 1. The van der Waals surface area contributed by atoms with Crippen molar-refractivity contribution in [3.05, 3.63) is 41.5 Å². The largest absolute Gasteiger partial charge is 0.495 e. The summed E-state index contributed by atoms with van der Waals surface area (Å²) in [5, 5.41) is 14.2. The molecule has 0 spiro atoms. The Balaban J connectivity index is 2.13. The van der Waals surface area contributed by atoms with Crippen LogP contribution in [0.5, 0.6) is 5.75 Å². The fraction of sp³-hybridized carbons (Fsp3) is 0.214. The Morgan fingerprint density at radius 2 is 2.17 bits per heavy atom. The number of carbonyl (C=O) groups is 1. The van der Waals surface area contributed by atoms with Gasteiger partial charge >= 0.3 is 6.18 Å². The molecule has 0 saturated heterocycles. The van der Waals surface area contributed by atoms with Gasteiger partial charge in [0.25, 0.3) is 0 Å². The maximum absolute atomic E-state index is 13.8. The molecule has 0 saturated carbocycles. The van der Waals surface area contributed by atoms with Gasteiger partial charge in [0.2, 0.25) is 5.91 Å². The number of rotatable bonds is 4. The molecule has 126 valence electrons. The highest BCUT2D eigenvalue weighted by Gasteiger charge is 2.33. The summed E-state index contributed by atoms with van der Waals surface area (Å²) in [6.07, 6.45) is -3.63. The Labute approximate surface area is 133 Å². The molecule has 24 heavy (non-hydrogen) atoms. The average Bonchev–Trinajstić information content (AvgIpc) is 2.97. The van der Waals surface area contributed by atoms with Crippen LogP contribution in [0.3, 0.4) is 0 Å². The fourth-order valence-corrected chi connectivity index (χ4v) is 1.84. The Kier molecular flexibility index (Phi) is 4.73. The molecule has 0 aliphatic heterocycles. The lowest BCUT2D eigenvalue weighted by atomic mass is 10.2. The third-order valence-corrected chi connectivity index (χ3v) is 2.92. The molecule has 0 aliphatic rings. The number of halogens is 4. The minimum absolute atomic E-state index is 0.0487. The monoisotopic (exact) mass is 342 g/mol. The molecule has 2 rings (SSSR count). The van der Waals surface area contributed by atoms with Gasteiger partial charge in [-0.05, 0) is 12.1 Å². The normalized spacial score (nSPS) is 11.0. The van der Waals surface area contributed by atoms with Gasteiger partial charge in [-0.2, -0.15) is 23.5 Å². The van der Waals surface area contributed by atoms with E-state index in [-0.39, 0.29) is 17.0 Å². The second kappa shape index (κ2) is 6.57. The molecule has 6 nitrogen and oxygen atoms in total. The molecule has 0 aliphatic carbocycles. The number of nitriles is 1. The first-order valence-corrected chi connectivity index (χ1v) is 6.42. The number of amides is 1. The number of hydrogen-bond donors (Lipinski definition) is 1.